The van der Waals surface area contributed by atoms with Crippen molar-refractivity contribution in [3.8, 4) is 0 Å². The molecule has 0 radical (unpaired) electrons. The molecule has 4 atom stereocenters. The standard InChI is InChI=1S/C17H25N5O2.ClH/c23-16(12-1-4-15-18-11-19-22(15)9-12)21-5-6-24-17(10-21)7-13-2-3-14(8-17)20-13;/h11-14,20H,1-10H2;1H/t12?,13-,14+,17?;. The van der Waals surface area contributed by atoms with Gasteiger partial charge < -0.3 is 15.0 Å². The van der Waals surface area contributed by atoms with Gasteiger partial charge in [-0.25, -0.2) is 9.67 Å². The topological polar surface area (TPSA) is 72.3 Å². The van der Waals surface area contributed by atoms with Crippen LogP contribution in [-0.4, -0.2) is 63.0 Å². The van der Waals surface area contributed by atoms with Crippen LogP contribution in [0.5, 0.6) is 0 Å². The van der Waals surface area contributed by atoms with Gasteiger partial charge in [-0.3, -0.25) is 4.79 Å². The Morgan fingerprint density at radius 2 is 2.08 bits per heavy atom. The number of hydrogen-bond donors (Lipinski definition) is 1. The van der Waals surface area contributed by atoms with Gasteiger partial charge in [-0.15, -0.1) is 12.4 Å². The molecule has 25 heavy (non-hydrogen) atoms. The number of hydrogen-bond acceptors (Lipinski definition) is 5. The van der Waals surface area contributed by atoms with Gasteiger partial charge in [0.25, 0.3) is 0 Å². The highest BCUT2D eigenvalue weighted by Gasteiger charge is 2.48. The van der Waals surface area contributed by atoms with E-state index in [2.05, 4.69) is 20.3 Å². The summed E-state index contributed by atoms with van der Waals surface area (Å²) in [7, 11) is 0. The van der Waals surface area contributed by atoms with Crippen LogP contribution in [0.15, 0.2) is 6.33 Å². The minimum Gasteiger partial charge on any atom is -0.371 e. The van der Waals surface area contributed by atoms with Crippen molar-refractivity contribution in [1.82, 2.24) is 25.0 Å². The number of morpholine rings is 1. The van der Waals surface area contributed by atoms with Crippen LogP contribution in [-0.2, 0) is 22.5 Å². The van der Waals surface area contributed by atoms with Crippen molar-refractivity contribution in [2.24, 2.45) is 5.92 Å². The maximum atomic E-state index is 13.1. The van der Waals surface area contributed by atoms with Gasteiger partial charge in [0.15, 0.2) is 0 Å². The first kappa shape index (κ1) is 17.2. The van der Waals surface area contributed by atoms with Crippen LogP contribution in [0.1, 0.15) is 37.9 Å². The number of carbonyl (C=O) groups excluding carboxylic acids is 1. The summed E-state index contributed by atoms with van der Waals surface area (Å²) < 4.78 is 8.13. The number of carbonyl (C=O) groups is 1. The van der Waals surface area contributed by atoms with Crippen molar-refractivity contribution >= 4 is 18.3 Å². The molecule has 0 aliphatic carbocycles. The van der Waals surface area contributed by atoms with Crippen LogP contribution in [0, 0.1) is 5.92 Å². The number of piperidine rings is 1. The Hall–Kier alpha value is -1.18. The van der Waals surface area contributed by atoms with E-state index in [0.29, 0.717) is 25.2 Å². The smallest absolute Gasteiger partial charge is 0.227 e. The Balaban J connectivity index is 0.00000157. The Morgan fingerprint density at radius 3 is 2.88 bits per heavy atom. The van der Waals surface area contributed by atoms with Crippen molar-refractivity contribution in [2.75, 3.05) is 19.7 Å². The molecule has 4 aliphatic rings. The van der Waals surface area contributed by atoms with Crippen molar-refractivity contribution in [3.05, 3.63) is 12.2 Å². The van der Waals surface area contributed by atoms with Crippen molar-refractivity contribution < 1.29 is 9.53 Å². The molecule has 1 spiro atoms. The summed E-state index contributed by atoms with van der Waals surface area (Å²) in [5.74, 6) is 1.32. The molecule has 7 nitrogen and oxygen atoms in total. The van der Waals surface area contributed by atoms with Crippen LogP contribution in [0.4, 0.5) is 0 Å². The average molecular weight is 368 g/mol. The number of aromatic nitrogens is 3. The molecule has 8 heteroatoms. The number of aryl methyl sites for hydroxylation is 1. The molecule has 4 aliphatic heterocycles. The SMILES string of the molecule is Cl.O=C(C1CCc2ncnn2C1)N1CCOC2(C[C@H]3CC[C@@H](C2)N3)C1. The normalized spacial score (nSPS) is 36.8. The van der Waals surface area contributed by atoms with Gasteiger partial charge in [0.1, 0.15) is 12.2 Å². The molecular weight excluding hydrogens is 342 g/mol. The molecule has 1 amide bonds. The van der Waals surface area contributed by atoms with E-state index in [1.54, 1.807) is 6.33 Å². The lowest BCUT2D eigenvalue weighted by atomic mass is 9.85. The minimum atomic E-state index is -0.113. The summed E-state index contributed by atoms with van der Waals surface area (Å²) in [5.41, 5.74) is -0.113. The van der Waals surface area contributed by atoms with Gasteiger partial charge in [-0.1, -0.05) is 0 Å². The lowest BCUT2D eigenvalue weighted by Crippen LogP contribution is -2.60. The van der Waals surface area contributed by atoms with Crippen LogP contribution in [0.25, 0.3) is 0 Å². The molecule has 2 bridgehead atoms. The summed E-state index contributed by atoms with van der Waals surface area (Å²) in [4.78, 5) is 19.4. The summed E-state index contributed by atoms with van der Waals surface area (Å²) in [5, 5.41) is 7.92. The third-order valence-electron chi connectivity index (χ3n) is 6.29. The van der Waals surface area contributed by atoms with Gasteiger partial charge >= 0.3 is 0 Å². The lowest BCUT2D eigenvalue weighted by molar-refractivity contribution is -0.162. The van der Waals surface area contributed by atoms with E-state index in [0.717, 1.165) is 44.6 Å². The predicted octanol–water partition coefficient (Wildman–Crippen LogP) is 0.774. The number of rotatable bonds is 1. The average Bonchev–Trinajstić information content (AvgIpc) is 3.19. The molecule has 5 rings (SSSR count). The van der Waals surface area contributed by atoms with E-state index in [-0.39, 0.29) is 29.8 Å². The number of fused-ring (bicyclic) bond motifs is 3. The zero-order valence-electron chi connectivity index (χ0n) is 14.4. The molecule has 138 valence electrons. The van der Waals surface area contributed by atoms with E-state index < -0.39 is 0 Å². The highest BCUT2D eigenvalue weighted by Crippen LogP contribution is 2.39. The first-order valence-corrected chi connectivity index (χ1v) is 9.26. The third-order valence-corrected chi connectivity index (χ3v) is 6.29. The summed E-state index contributed by atoms with van der Waals surface area (Å²) in [6.07, 6.45) is 7.92. The van der Waals surface area contributed by atoms with Gasteiger partial charge in [-0.05, 0) is 32.1 Å². The molecule has 3 fully saturated rings. The maximum absolute atomic E-state index is 13.1. The Labute approximate surface area is 153 Å². The van der Waals surface area contributed by atoms with Crippen LogP contribution in [0.3, 0.4) is 0 Å². The molecule has 0 aromatic carbocycles. The number of ether oxygens (including phenoxy) is 1. The Morgan fingerprint density at radius 1 is 1.28 bits per heavy atom. The molecule has 1 N–H and O–H groups in total. The van der Waals surface area contributed by atoms with Gasteiger partial charge in [0.05, 0.1) is 24.7 Å². The number of nitrogens with one attached hydrogen (secondary N) is 1. The summed E-state index contributed by atoms with van der Waals surface area (Å²) in [6, 6.07) is 1.15. The quantitative estimate of drug-likeness (QED) is 0.794. The van der Waals surface area contributed by atoms with E-state index in [4.69, 9.17) is 4.74 Å². The zero-order chi connectivity index (χ0) is 16.1. The van der Waals surface area contributed by atoms with Gasteiger partial charge in [0, 0.05) is 31.6 Å². The first-order chi connectivity index (χ1) is 11.7. The maximum Gasteiger partial charge on any atom is 0.227 e. The van der Waals surface area contributed by atoms with E-state index in [1.807, 2.05) is 4.68 Å². The molecule has 1 aromatic rings. The van der Waals surface area contributed by atoms with Crippen molar-refractivity contribution in [2.45, 2.75) is 62.8 Å². The van der Waals surface area contributed by atoms with E-state index in [1.165, 1.54) is 12.8 Å². The third kappa shape index (κ3) is 3.06. The lowest BCUT2D eigenvalue weighted by Gasteiger charge is -2.48. The fourth-order valence-electron chi connectivity index (χ4n) is 5.18. The predicted molar refractivity (Wildman–Crippen MR) is 93.5 cm³/mol. The number of halogens is 1. The monoisotopic (exact) mass is 367 g/mol. The second kappa shape index (κ2) is 6.52. The number of amides is 1. The van der Waals surface area contributed by atoms with Crippen LogP contribution >= 0.6 is 12.4 Å². The highest BCUT2D eigenvalue weighted by atomic mass is 35.5. The zero-order valence-corrected chi connectivity index (χ0v) is 15.2. The van der Waals surface area contributed by atoms with Crippen molar-refractivity contribution in [3.63, 3.8) is 0 Å². The molecule has 3 saturated heterocycles. The molecule has 0 saturated carbocycles. The second-order valence-electron chi connectivity index (χ2n) is 7.93. The molecule has 1 aromatic heterocycles. The first-order valence-electron chi connectivity index (χ1n) is 9.26. The molecular formula is C17H26ClN5O2. The fourth-order valence-corrected chi connectivity index (χ4v) is 5.18. The second-order valence-corrected chi connectivity index (χ2v) is 7.93. The van der Waals surface area contributed by atoms with Crippen LogP contribution in [0.2, 0.25) is 0 Å². The Kier molecular flexibility index (Phi) is 4.50. The molecule has 2 unspecified atom stereocenters. The summed E-state index contributed by atoms with van der Waals surface area (Å²) in [6.45, 7) is 2.84. The van der Waals surface area contributed by atoms with E-state index in [9.17, 15) is 4.79 Å². The van der Waals surface area contributed by atoms with Crippen molar-refractivity contribution in [1.29, 1.82) is 0 Å². The van der Waals surface area contributed by atoms with Gasteiger partial charge in [-0.2, -0.15) is 5.10 Å². The number of nitrogens with zero attached hydrogens (tertiary/aromatic N) is 4. The largest absolute Gasteiger partial charge is 0.371 e. The van der Waals surface area contributed by atoms with Crippen LogP contribution < -0.4 is 5.32 Å². The Bertz CT molecular complexity index is 639. The fraction of sp³-hybridized carbons (Fsp3) is 0.824. The highest BCUT2D eigenvalue weighted by molar-refractivity contribution is 5.85. The molecule has 5 heterocycles. The van der Waals surface area contributed by atoms with Gasteiger partial charge in [0.2, 0.25) is 5.91 Å². The minimum absolute atomic E-state index is 0. The summed E-state index contributed by atoms with van der Waals surface area (Å²) >= 11 is 0. The van der Waals surface area contributed by atoms with E-state index >= 15 is 0 Å².